The van der Waals surface area contributed by atoms with Crippen molar-refractivity contribution >= 4 is 40.1 Å². The molecule has 4 rings (SSSR count). The Balaban J connectivity index is 1.60. The van der Waals surface area contributed by atoms with Crippen molar-refractivity contribution < 1.29 is 24.6 Å². The number of aliphatic hydroxyl groups excluding tert-OH is 1. The van der Waals surface area contributed by atoms with Crippen LogP contribution in [0.2, 0.25) is 0 Å². The summed E-state index contributed by atoms with van der Waals surface area (Å²) in [5.41, 5.74) is 4.12. The summed E-state index contributed by atoms with van der Waals surface area (Å²) >= 11 is 0. The number of amides is 3. The maximum Gasteiger partial charge on any atom is 0.326 e. The Morgan fingerprint density at radius 3 is 2.08 bits per heavy atom. The van der Waals surface area contributed by atoms with Gasteiger partial charge in [0.25, 0.3) is 5.91 Å². The van der Waals surface area contributed by atoms with Crippen LogP contribution in [-0.4, -0.2) is 40.8 Å². The monoisotopic (exact) mass is 517 g/mol. The zero-order valence-corrected chi connectivity index (χ0v) is 22.0. The molecule has 8 nitrogen and oxygen atoms in total. The second kappa shape index (κ2) is 11.6. The van der Waals surface area contributed by atoms with E-state index in [2.05, 4.69) is 16.0 Å². The number of hydrogen-bond donors (Lipinski definition) is 5. The summed E-state index contributed by atoms with van der Waals surface area (Å²) in [5.74, 6) is -1.71. The molecule has 0 heterocycles. The third-order valence-corrected chi connectivity index (χ3v) is 7.47. The number of carbonyl (C=O) groups excluding carboxylic acids is 2. The number of anilines is 2. The van der Waals surface area contributed by atoms with Crippen molar-refractivity contribution in [2.75, 3.05) is 17.2 Å². The van der Waals surface area contributed by atoms with E-state index in [0.29, 0.717) is 18.5 Å². The van der Waals surface area contributed by atoms with E-state index in [-0.39, 0.29) is 29.7 Å². The predicted molar refractivity (Wildman–Crippen MR) is 149 cm³/mol. The summed E-state index contributed by atoms with van der Waals surface area (Å²) in [5, 5.41) is 29.4. The molecule has 1 saturated carbocycles. The van der Waals surface area contributed by atoms with Crippen LogP contribution in [-0.2, 0) is 4.79 Å². The fourth-order valence-electron chi connectivity index (χ4n) is 5.48. The van der Waals surface area contributed by atoms with E-state index in [1.54, 1.807) is 12.1 Å². The van der Waals surface area contributed by atoms with Gasteiger partial charge in [-0.15, -0.1) is 0 Å². The van der Waals surface area contributed by atoms with E-state index in [9.17, 15) is 24.6 Å². The molecule has 0 radical (unpaired) electrons. The van der Waals surface area contributed by atoms with Crippen LogP contribution >= 0.6 is 0 Å². The van der Waals surface area contributed by atoms with E-state index in [1.165, 1.54) is 0 Å². The normalized spacial score (nSPS) is 18.0. The number of aryl methyl sites for hydroxylation is 3. The molecule has 38 heavy (non-hydrogen) atoms. The van der Waals surface area contributed by atoms with Crippen LogP contribution in [0.5, 0.6) is 0 Å². The number of carboxylic acids is 1. The lowest BCUT2D eigenvalue weighted by molar-refractivity contribution is -0.141. The van der Waals surface area contributed by atoms with Crippen molar-refractivity contribution in [3.8, 4) is 0 Å². The first-order valence-electron chi connectivity index (χ1n) is 13.0. The highest BCUT2D eigenvalue weighted by Crippen LogP contribution is 2.32. The zero-order chi connectivity index (χ0) is 27.4. The molecular formula is C30H35N3O5. The van der Waals surface area contributed by atoms with E-state index in [1.807, 2.05) is 57.2 Å². The van der Waals surface area contributed by atoms with Crippen molar-refractivity contribution in [3.63, 3.8) is 0 Å². The first kappa shape index (κ1) is 27.1. The minimum absolute atomic E-state index is 0.0899. The topological polar surface area (TPSA) is 128 Å². The summed E-state index contributed by atoms with van der Waals surface area (Å²) in [6, 6.07) is 13.3. The van der Waals surface area contributed by atoms with Gasteiger partial charge >= 0.3 is 12.0 Å². The number of rotatable bonds is 7. The first-order valence-corrected chi connectivity index (χ1v) is 13.0. The SMILES string of the molecule is Cc1cc(C)c(NC(=O)Nc2cc3ccccc3cc2C(=O)N[C@H](C(=O)O)C2CCC(CO)CC2)c(C)c1. The molecule has 1 atom stereocenters. The van der Waals surface area contributed by atoms with Gasteiger partial charge in [0.05, 0.1) is 11.3 Å². The lowest BCUT2D eigenvalue weighted by atomic mass is 9.78. The molecule has 3 aromatic carbocycles. The zero-order valence-electron chi connectivity index (χ0n) is 22.0. The van der Waals surface area contributed by atoms with Gasteiger partial charge in [-0.2, -0.15) is 0 Å². The van der Waals surface area contributed by atoms with Gasteiger partial charge in [0, 0.05) is 12.3 Å². The molecule has 3 amide bonds. The van der Waals surface area contributed by atoms with Gasteiger partial charge in [0.2, 0.25) is 0 Å². The second-order valence-electron chi connectivity index (χ2n) is 10.4. The van der Waals surface area contributed by atoms with Gasteiger partial charge in [0.15, 0.2) is 0 Å². The standard InChI is InChI=1S/C30H35N3O5/c1-17-12-18(2)26(19(3)13-17)33-30(38)31-25-15-23-7-5-4-6-22(23)14-24(25)28(35)32-27(29(36)37)21-10-8-20(16-34)9-11-21/h4-7,12-15,20-21,27,34H,8-11,16H2,1-3H3,(H,32,35)(H,36,37)(H2,31,33,38)/t20?,21?,27-/m0/s1. The largest absolute Gasteiger partial charge is 0.480 e. The van der Waals surface area contributed by atoms with Gasteiger partial charge < -0.3 is 26.2 Å². The Bertz CT molecular complexity index is 1340. The van der Waals surface area contributed by atoms with Crippen LogP contribution in [0.25, 0.3) is 10.8 Å². The maximum atomic E-state index is 13.5. The number of aliphatic hydroxyl groups is 1. The fraction of sp³-hybridized carbons (Fsp3) is 0.367. The predicted octanol–water partition coefficient (Wildman–Crippen LogP) is 5.39. The number of nitrogens with one attached hydrogen (secondary N) is 3. The van der Waals surface area contributed by atoms with Crippen molar-refractivity contribution in [1.82, 2.24) is 5.32 Å². The Kier molecular flexibility index (Phi) is 8.32. The molecule has 1 fully saturated rings. The molecule has 0 saturated heterocycles. The van der Waals surface area contributed by atoms with E-state index < -0.39 is 23.9 Å². The summed E-state index contributed by atoms with van der Waals surface area (Å²) in [6.45, 7) is 5.92. The number of hydrogen-bond acceptors (Lipinski definition) is 4. The Labute approximate surface area is 222 Å². The summed E-state index contributed by atoms with van der Waals surface area (Å²) < 4.78 is 0. The van der Waals surface area contributed by atoms with Gasteiger partial charge in [-0.25, -0.2) is 9.59 Å². The lowest BCUT2D eigenvalue weighted by Crippen LogP contribution is -2.47. The second-order valence-corrected chi connectivity index (χ2v) is 10.4. The molecule has 200 valence electrons. The number of carbonyl (C=O) groups is 3. The molecule has 0 bridgehead atoms. The maximum absolute atomic E-state index is 13.5. The number of fused-ring (bicyclic) bond motifs is 1. The molecule has 1 aliphatic carbocycles. The summed E-state index contributed by atoms with van der Waals surface area (Å²) in [6.07, 6.45) is 2.68. The van der Waals surface area contributed by atoms with Crippen LogP contribution in [0, 0.1) is 32.6 Å². The molecule has 0 unspecified atom stereocenters. The highest BCUT2D eigenvalue weighted by molar-refractivity contribution is 6.10. The smallest absolute Gasteiger partial charge is 0.326 e. The fourth-order valence-corrected chi connectivity index (χ4v) is 5.48. The Morgan fingerprint density at radius 2 is 1.50 bits per heavy atom. The third kappa shape index (κ3) is 6.14. The van der Waals surface area contributed by atoms with Crippen molar-refractivity contribution in [3.05, 3.63) is 70.8 Å². The van der Waals surface area contributed by atoms with E-state index in [0.717, 1.165) is 40.3 Å². The van der Waals surface area contributed by atoms with Crippen LogP contribution < -0.4 is 16.0 Å². The average molecular weight is 518 g/mol. The third-order valence-electron chi connectivity index (χ3n) is 7.47. The molecular weight excluding hydrogens is 482 g/mol. The first-order chi connectivity index (χ1) is 18.2. The minimum atomic E-state index is -1.09. The molecule has 8 heteroatoms. The van der Waals surface area contributed by atoms with Crippen molar-refractivity contribution in [2.24, 2.45) is 11.8 Å². The molecule has 0 spiro atoms. The quantitative estimate of drug-likeness (QED) is 0.287. The van der Waals surface area contributed by atoms with Crippen LogP contribution in [0.3, 0.4) is 0 Å². The van der Waals surface area contributed by atoms with E-state index in [4.69, 9.17) is 0 Å². The molecule has 5 N–H and O–H groups in total. The summed E-state index contributed by atoms with van der Waals surface area (Å²) in [7, 11) is 0. The molecule has 3 aromatic rings. The van der Waals surface area contributed by atoms with Gasteiger partial charge in [-0.3, -0.25) is 4.79 Å². The number of carboxylic acid groups (broad SMARTS) is 1. The number of benzene rings is 3. The molecule has 0 aliphatic heterocycles. The highest BCUT2D eigenvalue weighted by Gasteiger charge is 2.33. The van der Waals surface area contributed by atoms with Gasteiger partial charge in [-0.05, 0) is 92.3 Å². The van der Waals surface area contributed by atoms with Gasteiger partial charge in [0.1, 0.15) is 6.04 Å². The summed E-state index contributed by atoms with van der Waals surface area (Å²) in [4.78, 5) is 38.7. The number of aliphatic carboxylic acids is 1. The van der Waals surface area contributed by atoms with Crippen LogP contribution in [0.4, 0.5) is 16.2 Å². The molecule has 0 aromatic heterocycles. The van der Waals surface area contributed by atoms with Crippen molar-refractivity contribution in [1.29, 1.82) is 0 Å². The molecule has 1 aliphatic rings. The Hall–Kier alpha value is -3.91. The number of urea groups is 1. The van der Waals surface area contributed by atoms with Crippen molar-refractivity contribution in [2.45, 2.75) is 52.5 Å². The Morgan fingerprint density at radius 1 is 0.895 bits per heavy atom. The minimum Gasteiger partial charge on any atom is -0.480 e. The van der Waals surface area contributed by atoms with Crippen LogP contribution in [0.15, 0.2) is 48.5 Å². The average Bonchev–Trinajstić information content (AvgIpc) is 2.88. The lowest BCUT2D eigenvalue weighted by Gasteiger charge is -2.31. The van der Waals surface area contributed by atoms with Gasteiger partial charge in [-0.1, -0.05) is 42.0 Å². The van der Waals surface area contributed by atoms with E-state index >= 15 is 0 Å². The van der Waals surface area contributed by atoms with Crippen LogP contribution in [0.1, 0.15) is 52.7 Å². The highest BCUT2D eigenvalue weighted by atomic mass is 16.4.